The molecule has 3 heterocycles. The van der Waals surface area contributed by atoms with Crippen LogP contribution >= 0.6 is 0 Å². The lowest BCUT2D eigenvalue weighted by Gasteiger charge is -2.16. The predicted octanol–water partition coefficient (Wildman–Crippen LogP) is 4.22. The van der Waals surface area contributed by atoms with Gasteiger partial charge >= 0.3 is 5.91 Å². The number of carbonyl (C=O) groups excluding carboxylic acids is 2. The fourth-order valence-corrected chi connectivity index (χ4v) is 4.60. The molecule has 0 aliphatic carbocycles. The second-order valence-electron chi connectivity index (χ2n) is 9.69. The summed E-state index contributed by atoms with van der Waals surface area (Å²) >= 11 is 0. The van der Waals surface area contributed by atoms with Gasteiger partial charge in [0.2, 0.25) is 0 Å². The van der Waals surface area contributed by atoms with Gasteiger partial charge in [0.1, 0.15) is 5.57 Å². The Balaban J connectivity index is 1.81. The van der Waals surface area contributed by atoms with E-state index in [9.17, 15) is 14.7 Å². The van der Waals surface area contributed by atoms with Crippen molar-refractivity contribution in [3.05, 3.63) is 101 Å². The number of benzene rings is 2. The Morgan fingerprint density at radius 3 is 2.22 bits per heavy atom. The third-order valence-electron chi connectivity index (χ3n) is 6.69. The number of imide groups is 1. The maximum Gasteiger partial charge on any atom is 0.331 e. The van der Waals surface area contributed by atoms with Gasteiger partial charge < -0.3 is 5.11 Å². The van der Waals surface area contributed by atoms with Crippen LogP contribution in [0.15, 0.2) is 73.1 Å². The average Bonchev–Trinajstić information content (AvgIpc) is 3.34. The largest absolute Gasteiger partial charge is 0.858 e. The SMILES string of the molecule is Cc1cccc(N2C(=O)C(c3c(C(C)C)nn(-c4ccccc4)c3[O-])=C([n+]3ccc(C)c(C)c3)C2=O)c1. The van der Waals surface area contributed by atoms with E-state index in [0.29, 0.717) is 17.1 Å². The van der Waals surface area contributed by atoms with Crippen LogP contribution in [0.3, 0.4) is 0 Å². The molecule has 0 spiro atoms. The van der Waals surface area contributed by atoms with Gasteiger partial charge in [0, 0.05) is 17.2 Å². The molecule has 0 N–H and O–H groups in total. The van der Waals surface area contributed by atoms with Crippen molar-refractivity contribution in [3.63, 3.8) is 0 Å². The molecule has 186 valence electrons. The van der Waals surface area contributed by atoms with Gasteiger partial charge in [0.25, 0.3) is 11.6 Å². The molecule has 0 saturated carbocycles. The van der Waals surface area contributed by atoms with E-state index < -0.39 is 17.7 Å². The third-order valence-corrected chi connectivity index (χ3v) is 6.69. The quantitative estimate of drug-likeness (QED) is 0.309. The third kappa shape index (κ3) is 4.02. The van der Waals surface area contributed by atoms with Crippen LogP contribution in [0, 0.1) is 20.8 Å². The van der Waals surface area contributed by atoms with Gasteiger partial charge in [-0.1, -0.05) is 44.2 Å². The summed E-state index contributed by atoms with van der Waals surface area (Å²) in [5.41, 5.74) is 4.80. The molecular weight excluding hydrogens is 464 g/mol. The molecule has 0 saturated heterocycles. The molecule has 0 fully saturated rings. The number of amides is 2. The number of nitrogens with zero attached hydrogens (tertiary/aromatic N) is 4. The zero-order chi connectivity index (χ0) is 26.4. The minimum atomic E-state index is -0.539. The highest BCUT2D eigenvalue weighted by atomic mass is 16.3. The van der Waals surface area contributed by atoms with E-state index in [0.717, 1.165) is 21.6 Å². The fourth-order valence-electron chi connectivity index (χ4n) is 4.60. The van der Waals surface area contributed by atoms with Gasteiger partial charge in [-0.2, -0.15) is 9.67 Å². The summed E-state index contributed by atoms with van der Waals surface area (Å²) in [5, 5.41) is 18.5. The maximum atomic E-state index is 14.1. The fraction of sp³-hybridized carbons (Fsp3) is 0.200. The van der Waals surface area contributed by atoms with Crippen LogP contribution in [0.1, 0.15) is 47.7 Å². The lowest BCUT2D eigenvalue weighted by molar-refractivity contribution is -0.577. The molecule has 7 nitrogen and oxygen atoms in total. The maximum absolute atomic E-state index is 14.1. The summed E-state index contributed by atoms with van der Waals surface area (Å²) in [6.07, 6.45) is 3.57. The Hall–Kier alpha value is -4.52. The van der Waals surface area contributed by atoms with Crippen molar-refractivity contribution in [2.75, 3.05) is 4.90 Å². The molecule has 0 unspecified atom stereocenters. The number of hydrogen-bond acceptors (Lipinski definition) is 4. The number of carbonyl (C=O) groups is 2. The van der Waals surface area contributed by atoms with Gasteiger partial charge in [-0.25, -0.2) is 9.58 Å². The molecular formula is C30H28N4O3. The van der Waals surface area contributed by atoms with E-state index in [-0.39, 0.29) is 22.8 Å². The summed E-state index contributed by atoms with van der Waals surface area (Å²) in [7, 11) is 0. The average molecular weight is 493 g/mol. The first-order valence-electron chi connectivity index (χ1n) is 12.2. The molecule has 1 aliphatic rings. The Morgan fingerprint density at radius 2 is 1.57 bits per heavy atom. The molecule has 0 radical (unpaired) electrons. The Morgan fingerprint density at radius 1 is 0.865 bits per heavy atom. The highest BCUT2D eigenvalue weighted by Crippen LogP contribution is 2.40. The molecule has 2 aromatic carbocycles. The summed E-state index contributed by atoms with van der Waals surface area (Å²) in [6.45, 7) is 9.66. The van der Waals surface area contributed by atoms with Gasteiger partial charge in [0.15, 0.2) is 12.4 Å². The van der Waals surface area contributed by atoms with Gasteiger partial charge in [-0.05, 0) is 68.0 Å². The van der Waals surface area contributed by atoms with Crippen LogP contribution in [0.25, 0.3) is 17.0 Å². The zero-order valence-corrected chi connectivity index (χ0v) is 21.5. The van der Waals surface area contributed by atoms with E-state index in [2.05, 4.69) is 5.10 Å². The molecule has 5 rings (SSSR count). The molecule has 0 bridgehead atoms. The summed E-state index contributed by atoms with van der Waals surface area (Å²) < 4.78 is 2.96. The van der Waals surface area contributed by atoms with Crippen molar-refractivity contribution in [2.24, 2.45) is 0 Å². The number of aromatic nitrogens is 3. The predicted molar refractivity (Wildman–Crippen MR) is 140 cm³/mol. The second kappa shape index (κ2) is 9.17. The Kier molecular flexibility index (Phi) is 5.99. The van der Waals surface area contributed by atoms with Crippen molar-refractivity contribution >= 4 is 28.8 Å². The minimum Gasteiger partial charge on any atom is -0.858 e. The molecule has 1 aliphatic heterocycles. The Bertz CT molecular complexity index is 1580. The number of aryl methyl sites for hydroxylation is 3. The van der Waals surface area contributed by atoms with Crippen molar-refractivity contribution in [2.45, 2.75) is 40.5 Å². The van der Waals surface area contributed by atoms with Crippen LogP contribution in [-0.4, -0.2) is 21.6 Å². The number of pyridine rings is 1. The minimum absolute atomic E-state index is 0.0654. The lowest BCUT2D eigenvalue weighted by Crippen LogP contribution is -2.40. The van der Waals surface area contributed by atoms with Crippen molar-refractivity contribution < 1.29 is 19.3 Å². The molecule has 2 aromatic heterocycles. The normalized spacial score (nSPS) is 13.8. The summed E-state index contributed by atoms with van der Waals surface area (Å²) in [4.78, 5) is 29.2. The monoisotopic (exact) mass is 492 g/mol. The first-order chi connectivity index (χ1) is 17.7. The molecule has 2 amide bonds. The smallest absolute Gasteiger partial charge is 0.331 e. The zero-order valence-electron chi connectivity index (χ0n) is 21.5. The van der Waals surface area contributed by atoms with E-state index in [1.54, 1.807) is 41.1 Å². The van der Waals surface area contributed by atoms with Gasteiger partial charge in [0.05, 0.1) is 17.1 Å². The first kappa shape index (κ1) is 24.2. The van der Waals surface area contributed by atoms with E-state index in [1.807, 2.05) is 71.1 Å². The number of rotatable bonds is 5. The van der Waals surface area contributed by atoms with Crippen LogP contribution in [-0.2, 0) is 9.59 Å². The highest BCUT2D eigenvalue weighted by molar-refractivity contribution is 6.53. The van der Waals surface area contributed by atoms with Crippen LogP contribution in [0.5, 0.6) is 5.88 Å². The van der Waals surface area contributed by atoms with Gasteiger partial charge in [-0.3, -0.25) is 9.59 Å². The molecule has 37 heavy (non-hydrogen) atoms. The van der Waals surface area contributed by atoms with E-state index >= 15 is 0 Å². The van der Waals surface area contributed by atoms with E-state index in [4.69, 9.17) is 0 Å². The molecule has 4 aromatic rings. The number of hydrogen-bond donors (Lipinski definition) is 0. The van der Waals surface area contributed by atoms with Crippen molar-refractivity contribution in [1.82, 2.24) is 9.78 Å². The Labute approximate surface area is 215 Å². The van der Waals surface area contributed by atoms with Crippen LogP contribution in [0.4, 0.5) is 5.69 Å². The van der Waals surface area contributed by atoms with Crippen LogP contribution < -0.4 is 14.6 Å². The van der Waals surface area contributed by atoms with Crippen molar-refractivity contribution in [3.8, 4) is 11.6 Å². The highest BCUT2D eigenvalue weighted by Gasteiger charge is 2.47. The summed E-state index contributed by atoms with van der Waals surface area (Å²) in [6, 6.07) is 18.2. The first-order valence-corrected chi connectivity index (χ1v) is 12.2. The van der Waals surface area contributed by atoms with Crippen molar-refractivity contribution in [1.29, 1.82) is 0 Å². The second-order valence-corrected chi connectivity index (χ2v) is 9.69. The molecule has 7 heteroatoms. The summed E-state index contributed by atoms with van der Waals surface area (Å²) in [5.74, 6) is -1.62. The van der Waals surface area contributed by atoms with Crippen LogP contribution in [0.2, 0.25) is 0 Å². The number of anilines is 1. The topological polar surface area (TPSA) is 82.1 Å². The number of para-hydroxylation sites is 1. The standard InChI is InChI=1S/C30H28N4O3/c1-18(2)26-24(29(36)34(31-26)22-11-7-6-8-12-22)25-27(32-15-14-20(4)21(5)17-32)30(37)33(28(25)35)23-13-9-10-19(3)16-23/h6-18H,1-5H3. The lowest BCUT2D eigenvalue weighted by atomic mass is 9.98. The molecule has 0 atom stereocenters. The van der Waals surface area contributed by atoms with E-state index in [1.165, 1.54) is 4.68 Å². The van der Waals surface area contributed by atoms with Gasteiger partial charge in [-0.15, -0.1) is 0 Å².